The summed E-state index contributed by atoms with van der Waals surface area (Å²) in [5, 5.41) is 0.567. The minimum Gasteiger partial charge on any atom is -0.385 e. The highest BCUT2D eigenvalue weighted by Gasteiger charge is 2.16. The molecule has 18 heavy (non-hydrogen) atoms. The van der Waals surface area contributed by atoms with Crippen LogP contribution in [0.15, 0.2) is 18.2 Å². The summed E-state index contributed by atoms with van der Waals surface area (Å²) in [4.78, 5) is 4.56. The second-order valence-electron chi connectivity index (χ2n) is 4.19. The summed E-state index contributed by atoms with van der Waals surface area (Å²) in [6.45, 7) is 3.43. The lowest BCUT2D eigenvalue weighted by molar-refractivity contribution is 0.190. The van der Waals surface area contributed by atoms with E-state index in [0.29, 0.717) is 11.6 Å². The molecule has 1 aromatic carbocycles. The SMILES string of the molecule is COCCCn1c(C(C)Cl)nc2cccc(Cl)c21. The molecule has 0 aliphatic carbocycles. The molecule has 1 heterocycles. The number of rotatable bonds is 5. The van der Waals surface area contributed by atoms with Gasteiger partial charge in [-0.2, -0.15) is 0 Å². The van der Waals surface area contributed by atoms with Crippen LogP contribution in [-0.2, 0) is 11.3 Å². The molecule has 1 aromatic heterocycles. The fourth-order valence-electron chi connectivity index (χ4n) is 2.06. The number of para-hydroxylation sites is 1. The number of benzene rings is 1. The normalized spacial score (nSPS) is 13.1. The lowest BCUT2D eigenvalue weighted by atomic mass is 10.3. The van der Waals surface area contributed by atoms with E-state index in [2.05, 4.69) is 9.55 Å². The number of imidazole rings is 1. The Kier molecular flexibility index (Phi) is 4.49. The minimum atomic E-state index is -0.143. The van der Waals surface area contributed by atoms with Crippen LogP contribution in [0.5, 0.6) is 0 Å². The zero-order chi connectivity index (χ0) is 13.1. The number of aromatic nitrogens is 2. The topological polar surface area (TPSA) is 27.1 Å². The van der Waals surface area contributed by atoms with Crippen molar-refractivity contribution in [1.82, 2.24) is 9.55 Å². The molecule has 1 atom stereocenters. The highest BCUT2D eigenvalue weighted by Crippen LogP contribution is 2.29. The van der Waals surface area contributed by atoms with Crippen LogP contribution in [0.3, 0.4) is 0 Å². The summed E-state index contributed by atoms with van der Waals surface area (Å²) in [5.41, 5.74) is 1.85. The lowest BCUT2D eigenvalue weighted by Crippen LogP contribution is -2.06. The van der Waals surface area contributed by atoms with E-state index in [1.54, 1.807) is 7.11 Å². The first kappa shape index (κ1) is 13.7. The standard InChI is InChI=1S/C13H16Cl2N2O/c1-9(14)13-16-11-6-3-5-10(15)12(11)17(13)7-4-8-18-2/h3,5-6,9H,4,7-8H2,1-2H3. The van der Waals surface area contributed by atoms with Crippen LogP contribution in [0.1, 0.15) is 24.5 Å². The van der Waals surface area contributed by atoms with Gasteiger partial charge in [-0.3, -0.25) is 0 Å². The molecule has 3 nitrogen and oxygen atoms in total. The van der Waals surface area contributed by atoms with Crippen LogP contribution in [0, 0.1) is 0 Å². The first-order valence-electron chi connectivity index (χ1n) is 5.92. The molecule has 98 valence electrons. The molecule has 0 fully saturated rings. The summed E-state index contributed by atoms with van der Waals surface area (Å²) in [6.07, 6.45) is 0.907. The number of fused-ring (bicyclic) bond motifs is 1. The Bertz CT molecular complexity index is 537. The van der Waals surface area contributed by atoms with E-state index in [0.717, 1.165) is 29.8 Å². The molecule has 2 rings (SSSR count). The van der Waals surface area contributed by atoms with Gasteiger partial charge in [-0.1, -0.05) is 17.7 Å². The van der Waals surface area contributed by atoms with Crippen molar-refractivity contribution < 1.29 is 4.74 Å². The third kappa shape index (κ3) is 2.63. The van der Waals surface area contributed by atoms with Crippen LogP contribution in [0.25, 0.3) is 11.0 Å². The number of alkyl halides is 1. The van der Waals surface area contributed by atoms with Gasteiger partial charge < -0.3 is 9.30 Å². The monoisotopic (exact) mass is 286 g/mol. The van der Waals surface area contributed by atoms with E-state index >= 15 is 0 Å². The van der Waals surface area contributed by atoms with Crippen molar-refractivity contribution in [2.24, 2.45) is 0 Å². The van der Waals surface area contributed by atoms with Crippen molar-refractivity contribution in [2.45, 2.75) is 25.3 Å². The quantitative estimate of drug-likeness (QED) is 0.613. The van der Waals surface area contributed by atoms with Gasteiger partial charge >= 0.3 is 0 Å². The highest BCUT2D eigenvalue weighted by molar-refractivity contribution is 6.35. The van der Waals surface area contributed by atoms with E-state index < -0.39 is 0 Å². The molecule has 5 heteroatoms. The van der Waals surface area contributed by atoms with Crippen molar-refractivity contribution in [1.29, 1.82) is 0 Å². The third-order valence-corrected chi connectivity index (χ3v) is 3.33. The van der Waals surface area contributed by atoms with Crippen molar-refractivity contribution >= 4 is 34.2 Å². The van der Waals surface area contributed by atoms with Gasteiger partial charge in [0.2, 0.25) is 0 Å². The predicted octanol–water partition coefficient (Wildman–Crippen LogP) is 4.03. The Hall–Kier alpha value is -0.770. The molecule has 0 saturated carbocycles. The van der Waals surface area contributed by atoms with Gasteiger partial charge in [0, 0.05) is 20.3 Å². The second kappa shape index (κ2) is 5.91. The highest BCUT2D eigenvalue weighted by atomic mass is 35.5. The molecule has 0 N–H and O–H groups in total. The fourth-order valence-corrected chi connectivity index (χ4v) is 2.49. The molecule has 0 aliphatic rings. The average Bonchev–Trinajstić information content (AvgIpc) is 2.70. The zero-order valence-electron chi connectivity index (χ0n) is 10.5. The molecule has 0 amide bonds. The molecule has 0 aliphatic heterocycles. The number of hydrogen-bond donors (Lipinski definition) is 0. The van der Waals surface area contributed by atoms with E-state index in [1.165, 1.54) is 0 Å². The number of methoxy groups -OCH3 is 1. The molecule has 0 spiro atoms. The molecular formula is C13H16Cl2N2O. The molecule has 2 aromatic rings. The molecule has 0 bridgehead atoms. The van der Waals surface area contributed by atoms with Crippen molar-refractivity contribution in [2.75, 3.05) is 13.7 Å². The predicted molar refractivity (Wildman–Crippen MR) is 75.5 cm³/mol. The smallest absolute Gasteiger partial charge is 0.127 e. The van der Waals surface area contributed by atoms with E-state index in [9.17, 15) is 0 Å². The van der Waals surface area contributed by atoms with Crippen LogP contribution < -0.4 is 0 Å². The summed E-state index contributed by atoms with van der Waals surface area (Å²) in [6, 6.07) is 5.73. The number of hydrogen-bond acceptors (Lipinski definition) is 2. The Morgan fingerprint density at radius 2 is 2.22 bits per heavy atom. The Labute approximate surface area is 117 Å². The maximum absolute atomic E-state index is 6.26. The van der Waals surface area contributed by atoms with Crippen molar-refractivity contribution in [3.05, 3.63) is 29.0 Å². The number of nitrogens with zero attached hydrogens (tertiary/aromatic N) is 2. The zero-order valence-corrected chi connectivity index (χ0v) is 12.0. The number of aryl methyl sites for hydroxylation is 1. The van der Waals surface area contributed by atoms with E-state index in [4.69, 9.17) is 27.9 Å². The van der Waals surface area contributed by atoms with Crippen molar-refractivity contribution in [3.8, 4) is 0 Å². The largest absolute Gasteiger partial charge is 0.385 e. The first-order valence-corrected chi connectivity index (χ1v) is 6.74. The molecule has 0 radical (unpaired) electrons. The van der Waals surface area contributed by atoms with E-state index in [-0.39, 0.29) is 5.38 Å². The van der Waals surface area contributed by atoms with Crippen LogP contribution in [0.2, 0.25) is 5.02 Å². The number of halogens is 2. The maximum Gasteiger partial charge on any atom is 0.127 e. The maximum atomic E-state index is 6.26. The molecule has 1 unspecified atom stereocenters. The van der Waals surface area contributed by atoms with Gasteiger partial charge in [-0.25, -0.2) is 4.98 Å². The van der Waals surface area contributed by atoms with Gasteiger partial charge in [0.05, 0.1) is 21.4 Å². The summed E-state index contributed by atoms with van der Waals surface area (Å²) < 4.78 is 7.17. The van der Waals surface area contributed by atoms with Gasteiger partial charge in [0.25, 0.3) is 0 Å². The van der Waals surface area contributed by atoms with Gasteiger partial charge in [0.1, 0.15) is 5.82 Å². The first-order chi connectivity index (χ1) is 8.65. The Morgan fingerprint density at radius 1 is 1.44 bits per heavy atom. The van der Waals surface area contributed by atoms with Gasteiger partial charge in [0.15, 0.2) is 0 Å². The average molecular weight is 287 g/mol. The second-order valence-corrected chi connectivity index (χ2v) is 5.25. The minimum absolute atomic E-state index is 0.143. The van der Waals surface area contributed by atoms with Crippen LogP contribution in [0.4, 0.5) is 0 Å². The Balaban J connectivity index is 2.47. The third-order valence-electron chi connectivity index (χ3n) is 2.83. The molecule has 0 saturated heterocycles. The molecular weight excluding hydrogens is 271 g/mol. The van der Waals surface area contributed by atoms with Gasteiger partial charge in [-0.05, 0) is 25.5 Å². The van der Waals surface area contributed by atoms with Crippen LogP contribution in [-0.4, -0.2) is 23.3 Å². The number of ether oxygens (including phenoxy) is 1. The van der Waals surface area contributed by atoms with Gasteiger partial charge in [-0.15, -0.1) is 11.6 Å². The van der Waals surface area contributed by atoms with E-state index in [1.807, 2.05) is 25.1 Å². The summed E-state index contributed by atoms with van der Waals surface area (Å²) in [5.74, 6) is 0.857. The fraction of sp³-hybridized carbons (Fsp3) is 0.462. The summed E-state index contributed by atoms with van der Waals surface area (Å²) in [7, 11) is 1.70. The van der Waals surface area contributed by atoms with Crippen LogP contribution >= 0.6 is 23.2 Å². The van der Waals surface area contributed by atoms with Crippen molar-refractivity contribution in [3.63, 3.8) is 0 Å². The summed E-state index contributed by atoms with van der Waals surface area (Å²) >= 11 is 12.4. The Morgan fingerprint density at radius 3 is 2.89 bits per heavy atom. The lowest BCUT2D eigenvalue weighted by Gasteiger charge is -2.10.